The number of hydrogen-bond acceptors (Lipinski definition) is 8. The van der Waals surface area contributed by atoms with Gasteiger partial charge in [-0.2, -0.15) is 0 Å². The van der Waals surface area contributed by atoms with Gasteiger partial charge in [0.2, 0.25) is 0 Å². The number of carbonyl (C=O) groups is 3. The number of unbranched alkanes of at least 4 members (excludes halogenated alkanes) is 1. The molecule has 1 heterocycles. The summed E-state index contributed by atoms with van der Waals surface area (Å²) >= 11 is 0. The lowest BCUT2D eigenvalue weighted by Gasteiger charge is -2.40. The van der Waals surface area contributed by atoms with Crippen LogP contribution in [0.2, 0.25) is 0 Å². The van der Waals surface area contributed by atoms with Gasteiger partial charge in [0.15, 0.2) is 24.6 Å². The highest BCUT2D eigenvalue weighted by Crippen LogP contribution is 2.26. The van der Waals surface area contributed by atoms with E-state index in [-0.39, 0.29) is 42.9 Å². The van der Waals surface area contributed by atoms with E-state index in [1.54, 1.807) is 0 Å². The van der Waals surface area contributed by atoms with Gasteiger partial charge in [-0.3, -0.25) is 14.4 Å². The molecular formula is C26H44BrNO8. The van der Waals surface area contributed by atoms with Crippen LogP contribution in [-0.2, 0) is 38.1 Å². The number of carbonyl (C=O) groups excluding carboxylic acids is 3. The smallest absolute Gasteiger partial charge is 0.306 e. The van der Waals surface area contributed by atoms with Gasteiger partial charge in [0.05, 0.1) is 33.9 Å². The SMILES string of the molecule is C#CC[N+](C)(C)CCCCO[C@H]1OC[C@H](OC(=O)CCC)[C@H](OC(=O)CCC)[C@H]1OC(=O)CCC.[Br-]. The predicted octanol–water partition coefficient (Wildman–Crippen LogP) is -0.0112. The van der Waals surface area contributed by atoms with Crippen molar-refractivity contribution < 1.29 is 59.5 Å². The van der Waals surface area contributed by atoms with E-state index >= 15 is 0 Å². The molecule has 0 radical (unpaired) electrons. The number of hydrogen-bond donors (Lipinski definition) is 0. The van der Waals surface area contributed by atoms with E-state index in [0.29, 0.717) is 36.9 Å². The summed E-state index contributed by atoms with van der Waals surface area (Å²) in [5.74, 6) is 1.34. The molecule has 9 nitrogen and oxygen atoms in total. The number of rotatable bonds is 16. The Morgan fingerprint density at radius 2 is 1.42 bits per heavy atom. The summed E-state index contributed by atoms with van der Waals surface area (Å²) in [7, 11) is 4.15. The lowest BCUT2D eigenvalue weighted by atomic mass is 10.0. The maximum absolute atomic E-state index is 12.4. The standard InChI is InChI=1S/C26H44NO8.BrH/c1-7-13-21(28)33-20-19-32-26(31-18-12-11-17-27(5,6)16-10-4)25(35-23(30)15-9-3)24(20)34-22(29)14-8-2;/h4,20,24-26H,7-9,11-19H2,1-3,5-6H3;1H/q+1;/p-1/t20-,24-,25+,26-;/m0./s1. The third-order valence-corrected chi connectivity index (χ3v) is 5.52. The highest BCUT2D eigenvalue weighted by atomic mass is 79.9. The van der Waals surface area contributed by atoms with Crippen LogP contribution in [0.25, 0.3) is 0 Å². The highest BCUT2D eigenvalue weighted by Gasteiger charge is 2.48. The predicted molar refractivity (Wildman–Crippen MR) is 130 cm³/mol. The summed E-state index contributed by atoms with van der Waals surface area (Å²) < 4.78 is 29.4. The molecule has 1 aliphatic rings. The van der Waals surface area contributed by atoms with Gasteiger partial charge >= 0.3 is 17.9 Å². The molecular weight excluding hydrogens is 534 g/mol. The van der Waals surface area contributed by atoms with Gasteiger partial charge in [-0.15, -0.1) is 6.42 Å². The van der Waals surface area contributed by atoms with Crippen LogP contribution in [0.3, 0.4) is 0 Å². The zero-order chi connectivity index (χ0) is 26.3. The lowest BCUT2D eigenvalue weighted by molar-refractivity contribution is -0.883. The number of quaternary nitrogens is 1. The van der Waals surface area contributed by atoms with Gasteiger partial charge in [0.1, 0.15) is 6.54 Å². The van der Waals surface area contributed by atoms with E-state index in [9.17, 15) is 14.4 Å². The molecule has 0 bridgehead atoms. The third kappa shape index (κ3) is 13.0. The van der Waals surface area contributed by atoms with E-state index < -0.39 is 42.5 Å². The number of ether oxygens (including phenoxy) is 5. The first-order chi connectivity index (χ1) is 16.7. The third-order valence-electron chi connectivity index (χ3n) is 5.52. The van der Waals surface area contributed by atoms with Crippen molar-refractivity contribution in [2.45, 2.75) is 96.7 Å². The maximum Gasteiger partial charge on any atom is 0.306 e. The minimum Gasteiger partial charge on any atom is -1.00 e. The minimum atomic E-state index is -1.04. The molecule has 0 spiro atoms. The molecule has 0 N–H and O–H groups in total. The van der Waals surface area contributed by atoms with Crippen LogP contribution in [0.1, 0.15) is 72.1 Å². The molecule has 36 heavy (non-hydrogen) atoms. The molecule has 0 amide bonds. The fourth-order valence-electron chi connectivity index (χ4n) is 3.68. The molecule has 0 aromatic carbocycles. The van der Waals surface area contributed by atoms with Crippen molar-refractivity contribution in [3.05, 3.63) is 0 Å². The van der Waals surface area contributed by atoms with Crippen molar-refractivity contribution >= 4 is 17.9 Å². The van der Waals surface area contributed by atoms with Crippen molar-refractivity contribution in [3.63, 3.8) is 0 Å². The zero-order valence-corrected chi connectivity index (χ0v) is 24.0. The summed E-state index contributed by atoms with van der Waals surface area (Å²) in [6.07, 6.45) is 5.59. The van der Waals surface area contributed by atoms with Crippen LogP contribution in [0, 0.1) is 12.3 Å². The first kappa shape index (κ1) is 34.3. The molecule has 0 saturated carbocycles. The Morgan fingerprint density at radius 1 is 0.889 bits per heavy atom. The average molecular weight is 579 g/mol. The Balaban J connectivity index is 0.0000122. The maximum atomic E-state index is 12.4. The van der Waals surface area contributed by atoms with E-state index in [1.807, 2.05) is 20.8 Å². The van der Waals surface area contributed by atoms with E-state index in [4.69, 9.17) is 30.1 Å². The fraction of sp³-hybridized carbons (Fsp3) is 0.808. The van der Waals surface area contributed by atoms with Gasteiger partial charge in [-0.05, 0) is 38.0 Å². The van der Waals surface area contributed by atoms with Gasteiger partial charge in [0, 0.05) is 19.3 Å². The van der Waals surface area contributed by atoms with Crippen LogP contribution in [0.15, 0.2) is 0 Å². The summed E-state index contributed by atoms with van der Waals surface area (Å²) in [5.41, 5.74) is 0. The summed E-state index contributed by atoms with van der Waals surface area (Å²) in [6, 6.07) is 0. The van der Waals surface area contributed by atoms with Crippen molar-refractivity contribution in [1.82, 2.24) is 0 Å². The molecule has 10 heteroatoms. The second kappa shape index (κ2) is 18.6. The summed E-state index contributed by atoms with van der Waals surface area (Å²) in [5, 5.41) is 0. The number of esters is 3. The Kier molecular flexibility index (Phi) is 17.7. The van der Waals surface area contributed by atoms with E-state index in [2.05, 4.69) is 20.0 Å². The minimum absolute atomic E-state index is 0. The molecule has 1 fully saturated rings. The molecule has 1 aliphatic heterocycles. The average Bonchev–Trinajstić information content (AvgIpc) is 2.77. The summed E-state index contributed by atoms with van der Waals surface area (Å²) in [6.45, 7) is 7.45. The van der Waals surface area contributed by atoms with Gasteiger partial charge in [-0.1, -0.05) is 20.8 Å². The van der Waals surface area contributed by atoms with Crippen molar-refractivity contribution in [3.8, 4) is 12.3 Å². The second-order valence-corrected chi connectivity index (χ2v) is 9.49. The van der Waals surface area contributed by atoms with Crippen molar-refractivity contribution in [2.75, 3.05) is 40.4 Å². The quantitative estimate of drug-likeness (QED) is 0.0830. The highest BCUT2D eigenvalue weighted by molar-refractivity contribution is 5.71. The molecule has 1 rings (SSSR count). The Labute approximate surface area is 226 Å². The molecule has 1 saturated heterocycles. The van der Waals surface area contributed by atoms with Crippen LogP contribution in [-0.4, -0.2) is 87.4 Å². The fourth-order valence-corrected chi connectivity index (χ4v) is 3.68. The molecule has 0 unspecified atom stereocenters. The normalized spacial score (nSPS) is 21.6. The first-order valence-corrected chi connectivity index (χ1v) is 12.7. The molecule has 0 aromatic heterocycles. The van der Waals surface area contributed by atoms with Gasteiger partial charge in [0.25, 0.3) is 0 Å². The lowest BCUT2D eigenvalue weighted by Crippen LogP contribution is -3.00. The monoisotopic (exact) mass is 577 g/mol. The molecule has 208 valence electrons. The number of nitrogens with zero attached hydrogens (tertiary/aromatic N) is 1. The molecule has 4 atom stereocenters. The van der Waals surface area contributed by atoms with E-state index in [1.165, 1.54) is 0 Å². The Morgan fingerprint density at radius 3 is 1.94 bits per heavy atom. The zero-order valence-electron chi connectivity index (χ0n) is 22.5. The van der Waals surface area contributed by atoms with Crippen LogP contribution < -0.4 is 17.0 Å². The number of terminal acetylenes is 1. The summed E-state index contributed by atoms with van der Waals surface area (Å²) in [4.78, 5) is 37.0. The van der Waals surface area contributed by atoms with Gasteiger partial charge in [-0.25, -0.2) is 0 Å². The van der Waals surface area contributed by atoms with Crippen LogP contribution >= 0.6 is 0 Å². The molecule has 0 aromatic rings. The largest absolute Gasteiger partial charge is 1.00 e. The first-order valence-electron chi connectivity index (χ1n) is 12.7. The van der Waals surface area contributed by atoms with Crippen LogP contribution in [0.5, 0.6) is 0 Å². The topological polar surface area (TPSA) is 97.4 Å². The van der Waals surface area contributed by atoms with Gasteiger partial charge < -0.3 is 45.1 Å². The Bertz CT molecular complexity index is 709. The second-order valence-electron chi connectivity index (χ2n) is 9.49. The van der Waals surface area contributed by atoms with Crippen LogP contribution in [0.4, 0.5) is 0 Å². The van der Waals surface area contributed by atoms with Crippen molar-refractivity contribution in [2.24, 2.45) is 0 Å². The van der Waals surface area contributed by atoms with E-state index in [0.717, 1.165) is 19.4 Å². The van der Waals surface area contributed by atoms with Crippen molar-refractivity contribution in [1.29, 1.82) is 0 Å². The molecule has 0 aliphatic carbocycles. The Hall–Kier alpha value is -1.67. The number of halogens is 1.